The average molecular weight is 573 g/mol. The van der Waals surface area contributed by atoms with Crippen LogP contribution in [0.4, 0.5) is 26.3 Å². The molecule has 2 aliphatic heterocycles. The van der Waals surface area contributed by atoms with E-state index in [0.717, 1.165) is 57.8 Å². The van der Waals surface area contributed by atoms with Gasteiger partial charge in [-0.3, -0.25) is 14.5 Å². The first-order chi connectivity index (χ1) is 18.0. The topological polar surface area (TPSA) is 121 Å². The Morgan fingerprint density at radius 1 is 1.13 bits per heavy atom. The predicted octanol–water partition coefficient (Wildman–Crippen LogP) is 3.54. The second kappa shape index (κ2) is 13.3. The van der Waals surface area contributed by atoms with E-state index in [-0.39, 0.29) is 5.60 Å². The Morgan fingerprint density at radius 2 is 1.69 bits per heavy atom. The van der Waals surface area contributed by atoms with Crippen LogP contribution in [0, 0.1) is 0 Å². The molecule has 4 heterocycles. The highest BCUT2D eigenvalue weighted by atomic mass is 19.4. The summed E-state index contributed by atoms with van der Waals surface area (Å²) in [6.45, 7) is 4.88. The van der Waals surface area contributed by atoms with Gasteiger partial charge in [-0.25, -0.2) is 9.59 Å². The van der Waals surface area contributed by atoms with Crippen molar-refractivity contribution in [2.75, 3.05) is 26.7 Å². The highest BCUT2D eigenvalue weighted by molar-refractivity contribution is 5.73. The summed E-state index contributed by atoms with van der Waals surface area (Å²) in [6, 6.07) is 4.47. The Labute approximate surface area is 219 Å². The Kier molecular flexibility index (Phi) is 10.9. The summed E-state index contributed by atoms with van der Waals surface area (Å²) in [5.74, 6) is -4.49. The minimum Gasteiger partial charge on any atom is -0.475 e. The number of hydrogen-bond acceptors (Lipinski definition) is 7. The fourth-order valence-electron chi connectivity index (χ4n) is 4.16. The highest BCUT2D eigenvalue weighted by Crippen LogP contribution is 2.38. The normalized spacial score (nSPS) is 19.3. The zero-order valence-corrected chi connectivity index (χ0v) is 21.2. The van der Waals surface area contributed by atoms with Crippen molar-refractivity contribution in [1.29, 1.82) is 0 Å². The van der Waals surface area contributed by atoms with Crippen LogP contribution < -0.4 is 0 Å². The van der Waals surface area contributed by atoms with E-state index < -0.39 is 24.3 Å². The maximum atomic E-state index is 10.6. The van der Waals surface area contributed by atoms with Crippen LogP contribution >= 0.6 is 0 Å². The first-order valence-electron chi connectivity index (χ1n) is 11.7. The molecule has 2 N–H and O–H groups in total. The number of hydrogen-bond donors (Lipinski definition) is 2. The number of aryl methyl sites for hydroxylation is 1. The van der Waals surface area contributed by atoms with Gasteiger partial charge in [0.15, 0.2) is 0 Å². The molecule has 0 radical (unpaired) electrons. The largest absolute Gasteiger partial charge is 0.490 e. The number of likely N-dealkylation sites (N-methyl/N-ethyl adjacent to an activating group) is 1. The van der Waals surface area contributed by atoms with Crippen LogP contribution in [-0.2, 0) is 34.5 Å². The number of furan rings is 1. The minimum absolute atomic E-state index is 0.0769. The minimum atomic E-state index is -5.08. The molecule has 1 atom stereocenters. The SMILES string of the molecule is CN(Cc1ccco1)C1COC2(CCN(Cc3cnn(C)c3)CC2)C1.O=C(O)C(F)(F)F.O=C(O)C(F)(F)F. The van der Waals surface area contributed by atoms with Crippen LogP contribution in [0.3, 0.4) is 0 Å². The van der Waals surface area contributed by atoms with Crippen molar-refractivity contribution in [3.05, 3.63) is 42.1 Å². The number of piperidine rings is 1. The fourth-order valence-corrected chi connectivity index (χ4v) is 4.16. The number of nitrogens with zero attached hydrogens (tertiary/aromatic N) is 4. The molecule has 4 rings (SSSR count). The smallest absolute Gasteiger partial charge is 0.475 e. The summed E-state index contributed by atoms with van der Waals surface area (Å²) in [7, 11) is 4.15. The van der Waals surface area contributed by atoms with E-state index in [9.17, 15) is 26.3 Å². The first kappa shape index (κ1) is 32.1. The van der Waals surface area contributed by atoms with Gasteiger partial charge in [0.25, 0.3) is 0 Å². The van der Waals surface area contributed by atoms with E-state index >= 15 is 0 Å². The zero-order chi connectivity index (χ0) is 29.4. The summed E-state index contributed by atoms with van der Waals surface area (Å²) in [6.07, 6.45) is -0.971. The van der Waals surface area contributed by atoms with Crippen molar-refractivity contribution < 1.29 is 55.3 Å². The number of aromatic nitrogens is 2. The van der Waals surface area contributed by atoms with Crippen LogP contribution in [0.15, 0.2) is 35.2 Å². The molecule has 1 unspecified atom stereocenters. The lowest BCUT2D eigenvalue weighted by Crippen LogP contribution is -2.44. The van der Waals surface area contributed by atoms with Crippen LogP contribution in [0.5, 0.6) is 0 Å². The Morgan fingerprint density at radius 3 is 2.13 bits per heavy atom. The van der Waals surface area contributed by atoms with Gasteiger partial charge in [-0.05, 0) is 38.4 Å². The summed E-state index contributed by atoms with van der Waals surface area (Å²) in [5.41, 5.74) is 1.37. The standard InChI is InChI=1S/C19H28N4O2.2C2HF3O2/c1-21(14-18-4-3-9-24-18)17-10-19(25-15-17)5-7-23(8-6-19)13-16-11-20-22(2)12-16;2*3-2(4,5)1(6)7/h3-4,9,11-12,17H,5-8,10,13-15H2,1-2H3;2*(H,6,7). The van der Waals surface area contributed by atoms with Crippen LogP contribution in [0.2, 0.25) is 0 Å². The number of halogens is 6. The van der Waals surface area contributed by atoms with Crippen LogP contribution in [0.1, 0.15) is 30.6 Å². The number of likely N-dealkylation sites (tertiary alicyclic amines) is 1. The summed E-state index contributed by atoms with van der Waals surface area (Å²) in [5, 5.41) is 18.5. The highest BCUT2D eigenvalue weighted by Gasteiger charge is 2.44. The Hall–Kier alpha value is -3.11. The third-order valence-corrected chi connectivity index (χ3v) is 6.22. The molecule has 2 saturated heterocycles. The predicted molar refractivity (Wildman–Crippen MR) is 122 cm³/mol. The maximum Gasteiger partial charge on any atom is 0.490 e. The summed E-state index contributed by atoms with van der Waals surface area (Å²) in [4.78, 5) is 22.7. The van der Waals surface area contributed by atoms with E-state index in [1.54, 1.807) is 6.26 Å². The molecule has 2 aromatic rings. The maximum absolute atomic E-state index is 10.6. The van der Waals surface area contributed by atoms with Crippen LogP contribution in [-0.4, -0.2) is 92.5 Å². The monoisotopic (exact) mass is 572 g/mol. The van der Waals surface area contributed by atoms with Crippen molar-refractivity contribution >= 4 is 11.9 Å². The van der Waals surface area contributed by atoms with Gasteiger partial charge in [0, 0.05) is 44.5 Å². The van der Waals surface area contributed by atoms with E-state index in [4.69, 9.17) is 29.0 Å². The van der Waals surface area contributed by atoms with Crippen LogP contribution in [0.25, 0.3) is 0 Å². The summed E-state index contributed by atoms with van der Waals surface area (Å²) >= 11 is 0. The molecule has 0 amide bonds. The second-order valence-corrected chi connectivity index (χ2v) is 9.25. The van der Waals surface area contributed by atoms with Gasteiger partial charge < -0.3 is 19.4 Å². The molecule has 2 aliphatic rings. The van der Waals surface area contributed by atoms with E-state index in [1.165, 1.54) is 5.56 Å². The number of ether oxygens (including phenoxy) is 1. The molecule has 0 aliphatic carbocycles. The van der Waals surface area contributed by atoms with Crippen molar-refractivity contribution in [2.45, 2.75) is 56.3 Å². The van der Waals surface area contributed by atoms with Gasteiger partial charge in [0.05, 0.1) is 31.2 Å². The lowest BCUT2D eigenvalue weighted by molar-refractivity contribution is -0.193. The molecular weight excluding hydrogens is 542 g/mol. The molecule has 2 aromatic heterocycles. The van der Waals surface area contributed by atoms with Crippen molar-refractivity contribution in [3.8, 4) is 0 Å². The lowest BCUT2D eigenvalue weighted by atomic mass is 9.87. The Bertz CT molecular complexity index is 1020. The molecule has 10 nitrogen and oxygen atoms in total. The number of aliphatic carboxylic acids is 2. The molecule has 0 saturated carbocycles. The zero-order valence-electron chi connectivity index (χ0n) is 21.2. The van der Waals surface area contributed by atoms with Crippen molar-refractivity contribution in [2.24, 2.45) is 7.05 Å². The molecule has 39 heavy (non-hydrogen) atoms. The van der Waals surface area contributed by atoms with Gasteiger partial charge in [-0.1, -0.05) is 0 Å². The molecule has 1 spiro atoms. The van der Waals surface area contributed by atoms with Gasteiger partial charge in [-0.2, -0.15) is 31.4 Å². The van der Waals surface area contributed by atoms with Gasteiger partial charge in [0.1, 0.15) is 5.76 Å². The van der Waals surface area contributed by atoms with E-state index in [0.29, 0.717) is 6.04 Å². The van der Waals surface area contributed by atoms with Crippen molar-refractivity contribution in [3.63, 3.8) is 0 Å². The summed E-state index contributed by atoms with van der Waals surface area (Å²) < 4.78 is 77.1. The molecule has 16 heteroatoms. The van der Waals surface area contributed by atoms with E-state index in [1.807, 2.05) is 30.1 Å². The van der Waals surface area contributed by atoms with Gasteiger partial charge in [0.2, 0.25) is 0 Å². The average Bonchev–Trinajstić information content (AvgIpc) is 3.58. The fraction of sp³-hybridized carbons (Fsp3) is 0.609. The first-order valence-corrected chi connectivity index (χ1v) is 11.7. The second-order valence-electron chi connectivity index (χ2n) is 9.25. The Balaban J connectivity index is 0.000000317. The number of rotatable bonds is 5. The third kappa shape index (κ3) is 10.5. The number of carboxylic acids is 2. The molecule has 2 fully saturated rings. The number of carbonyl (C=O) groups is 2. The van der Waals surface area contributed by atoms with E-state index in [2.05, 4.69) is 28.1 Å². The number of carboxylic acid groups (broad SMARTS) is 2. The molecular formula is C23H30F6N4O6. The lowest BCUT2D eigenvalue weighted by Gasteiger charge is -2.38. The quantitative estimate of drug-likeness (QED) is 0.519. The third-order valence-electron chi connectivity index (χ3n) is 6.22. The van der Waals surface area contributed by atoms with Gasteiger partial charge >= 0.3 is 24.3 Å². The molecule has 0 bridgehead atoms. The number of alkyl halides is 6. The van der Waals surface area contributed by atoms with Crippen molar-refractivity contribution in [1.82, 2.24) is 19.6 Å². The van der Waals surface area contributed by atoms with Gasteiger partial charge in [-0.15, -0.1) is 0 Å². The molecule has 0 aromatic carbocycles. The molecule has 220 valence electrons.